The number of nitrogens with two attached hydrogens (primary N) is 3. The zero-order valence-corrected chi connectivity index (χ0v) is 14.1. The summed E-state index contributed by atoms with van der Waals surface area (Å²) in [5.41, 5.74) is 24.6. The molecule has 0 radical (unpaired) electrons. The molecule has 122 valence electrons. The maximum atomic E-state index is 6.13. The zero-order chi connectivity index (χ0) is 17.3. The predicted octanol–water partition coefficient (Wildman–Crippen LogP) is 4.43. The van der Waals surface area contributed by atoms with E-state index < -0.39 is 0 Å². The Morgan fingerprint density at radius 2 is 1.17 bits per heavy atom. The van der Waals surface area contributed by atoms with Crippen molar-refractivity contribution in [1.82, 2.24) is 0 Å². The average molecular weight is 317 g/mol. The first-order chi connectivity index (χ1) is 11.4. The van der Waals surface area contributed by atoms with Crippen LogP contribution in [0.15, 0.2) is 66.7 Å². The van der Waals surface area contributed by atoms with E-state index in [1.807, 2.05) is 12.1 Å². The van der Waals surface area contributed by atoms with Crippen molar-refractivity contribution >= 4 is 17.1 Å². The molecule has 0 aliphatic heterocycles. The highest BCUT2D eigenvalue weighted by Gasteiger charge is 2.36. The normalized spacial score (nSPS) is 13.4. The molecule has 0 fully saturated rings. The Morgan fingerprint density at radius 3 is 1.79 bits per heavy atom. The molecule has 0 saturated heterocycles. The molecule has 6 N–H and O–H groups in total. The molecular weight excluding hydrogens is 294 g/mol. The van der Waals surface area contributed by atoms with E-state index in [1.54, 1.807) is 24.3 Å². The Labute approximate surface area is 143 Å². The molecule has 0 heterocycles. The van der Waals surface area contributed by atoms with Crippen molar-refractivity contribution < 1.29 is 0 Å². The second-order valence-electron chi connectivity index (χ2n) is 6.61. The van der Waals surface area contributed by atoms with E-state index in [2.05, 4.69) is 44.2 Å². The Hall–Kier alpha value is -2.94. The van der Waals surface area contributed by atoms with Crippen LogP contribution in [0, 0.1) is 0 Å². The third-order valence-corrected chi connectivity index (χ3v) is 4.55. The van der Waals surface area contributed by atoms with Crippen molar-refractivity contribution in [2.24, 2.45) is 0 Å². The summed E-state index contributed by atoms with van der Waals surface area (Å²) in [5.74, 6) is 0. The highest BCUT2D eigenvalue weighted by atomic mass is 14.6. The fourth-order valence-corrected chi connectivity index (χ4v) is 3.39. The van der Waals surface area contributed by atoms with E-state index >= 15 is 0 Å². The highest BCUT2D eigenvalue weighted by molar-refractivity contribution is 5.85. The molecule has 0 unspecified atom stereocenters. The molecule has 1 aliphatic rings. The second-order valence-corrected chi connectivity index (χ2v) is 6.61. The molecular formula is C21H23N3. The molecule has 24 heavy (non-hydrogen) atoms. The second kappa shape index (κ2) is 5.93. The molecule has 0 amide bonds. The van der Waals surface area contributed by atoms with Crippen molar-refractivity contribution in [3.05, 3.63) is 77.9 Å². The van der Waals surface area contributed by atoms with Gasteiger partial charge < -0.3 is 17.2 Å². The van der Waals surface area contributed by atoms with Crippen LogP contribution in [0.1, 0.15) is 25.0 Å². The van der Waals surface area contributed by atoms with Crippen molar-refractivity contribution in [1.29, 1.82) is 0 Å². The number of nitrogen functional groups attached to an aromatic ring is 3. The summed E-state index contributed by atoms with van der Waals surface area (Å²) in [4.78, 5) is 0. The third-order valence-electron chi connectivity index (χ3n) is 4.55. The SMILES string of the molecule is CC1(C)c2ccccc2-c2cccc(N)c21.Nc1ccc(N)cc1. The van der Waals surface area contributed by atoms with Gasteiger partial charge in [0.1, 0.15) is 0 Å². The molecule has 0 atom stereocenters. The summed E-state index contributed by atoms with van der Waals surface area (Å²) in [5, 5.41) is 0. The van der Waals surface area contributed by atoms with Gasteiger partial charge in [-0.25, -0.2) is 0 Å². The Balaban J connectivity index is 0.000000179. The van der Waals surface area contributed by atoms with Crippen LogP contribution in [0.3, 0.4) is 0 Å². The summed E-state index contributed by atoms with van der Waals surface area (Å²) >= 11 is 0. The van der Waals surface area contributed by atoms with Gasteiger partial charge in [-0.2, -0.15) is 0 Å². The van der Waals surface area contributed by atoms with Gasteiger partial charge in [-0.05, 0) is 52.6 Å². The molecule has 1 aliphatic carbocycles. The fraction of sp³-hybridized carbons (Fsp3) is 0.143. The van der Waals surface area contributed by atoms with Crippen molar-refractivity contribution in [2.75, 3.05) is 17.2 Å². The van der Waals surface area contributed by atoms with Gasteiger partial charge in [0.2, 0.25) is 0 Å². The van der Waals surface area contributed by atoms with Crippen LogP contribution in [0.5, 0.6) is 0 Å². The molecule has 0 bridgehead atoms. The molecule has 0 saturated carbocycles. The van der Waals surface area contributed by atoms with E-state index in [-0.39, 0.29) is 5.41 Å². The number of hydrogen-bond acceptors (Lipinski definition) is 3. The monoisotopic (exact) mass is 317 g/mol. The summed E-state index contributed by atoms with van der Waals surface area (Å²) in [6, 6.07) is 21.9. The first kappa shape index (κ1) is 15.9. The number of anilines is 3. The fourth-order valence-electron chi connectivity index (χ4n) is 3.39. The molecule has 3 aromatic rings. The minimum Gasteiger partial charge on any atom is -0.399 e. The first-order valence-electron chi connectivity index (χ1n) is 8.01. The minimum atomic E-state index is 0.0251. The summed E-state index contributed by atoms with van der Waals surface area (Å²) in [6.45, 7) is 4.49. The number of fused-ring (bicyclic) bond motifs is 3. The van der Waals surface area contributed by atoms with E-state index in [9.17, 15) is 0 Å². The van der Waals surface area contributed by atoms with Crippen LogP contribution in [-0.2, 0) is 5.41 Å². The van der Waals surface area contributed by atoms with E-state index in [0.717, 1.165) is 17.1 Å². The van der Waals surface area contributed by atoms with Crippen molar-refractivity contribution in [3.63, 3.8) is 0 Å². The molecule has 3 nitrogen and oxygen atoms in total. The maximum Gasteiger partial charge on any atom is 0.0361 e. The van der Waals surface area contributed by atoms with Crippen LogP contribution >= 0.6 is 0 Å². The Bertz CT molecular complexity index is 844. The van der Waals surface area contributed by atoms with E-state index in [1.165, 1.54) is 22.3 Å². The first-order valence-corrected chi connectivity index (χ1v) is 8.01. The number of hydrogen-bond donors (Lipinski definition) is 3. The van der Waals surface area contributed by atoms with Gasteiger partial charge in [0.25, 0.3) is 0 Å². The van der Waals surface area contributed by atoms with Gasteiger partial charge in [0, 0.05) is 22.5 Å². The standard InChI is InChI=1S/C15H15N.C6H8N2/c1-15(2)12-8-4-3-6-10(12)11-7-5-9-13(16)14(11)15;7-5-1-2-6(8)4-3-5/h3-9H,16H2,1-2H3;1-4H,7-8H2. The van der Waals surface area contributed by atoms with Gasteiger partial charge in [0.15, 0.2) is 0 Å². The van der Waals surface area contributed by atoms with Crippen LogP contribution in [0.4, 0.5) is 17.1 Å². The van der Waals surface area contributed by atoms with Gasteiger partial charge >= 0.3 is 0 Å². The molecule has 3 heteroatoms. The Kier molecular flexibility index (Phi) is 3.94. The van der Waals surface area contributed by atoms with Gasteiger partial charge in [-0.15, -0.1) is 0 Å². The van der Waals surface area contributed by atoms with Crippen molar-refractivity contribution in [2.45, 2.75) is 19.3 Å². The lowest BCUT2D eigenvalue weighted by Crippen LogP contribution is -2.16. The van der Waals surface area contributed by atoms with Crippen molar-refractivity contribution in [3.8, 4) is 11.1 Å². The zero-order valence-electron chi connectivity index (χ0n) is 14.1. The summed E-state index contributed by atoms with van der Waals surface area (Å²) in [6.07, 6.45) is 0. The van der Waals surface area contributed by atoms with Gasteiger partial charge in [-0.1, -0.05) is 50.2 Å². The smallest absolute Gasteiger partial charge is 0.0361 e. The predicted molar refractivity (Wildman–Crippen MR) is 104 cm³/mol. The number of benzene rings is 3. The van der Waals surface area contributed by atoms with Crippen LogP contribution in [0.25, 0.3) is 11.1 Å². The quantitative estimate of drug-likeness (QED) is 0.537. The third kappa shape index (κ3) is 2.69. The highest BCUT2D eigenvalue weighted by Crippen LogP contribution is 2.50. The molecule has 0 spiro atoms. The largest absolute Gasteiger partial charge is 0.399 e. The number of rotatable bonds is 0. The average Bonchev–Trinajstić information content (AvgIpc) is 2.81. The molecule has 3 aromatic carbocycles. The van der Waals surface area contributed by atoms with Crippen LogP contribution in [0.2, 0.25) is 0 Å². The van der Waals surface area contributed by atoms with Gasteiger partial charge in [0.05, 0.1) is 0 Å². The van der Waals surface area contributed by atoms with Crippen LogP contribution in [-0.4, -0.2) is 0 Å². The lowest BCUT2D eigenvalue weighted by molar-refractivity contribution is 0.663. The van der Waals surface area contributed by atoms with Gasteiger partial charge in [-0.3, -0.25) is 0 Å². The van der Waals surface area contributed by atoms with E-state index in [0.29, 0.717) is 0 Å². The lowest BCUT2D eigenvalue weighted by Gasteiger charge is -2.22. The minimum absolute atomic E-state index is 0.0251. The topological polar surface area (TPSA) is 78.1 Å². The summed E-state index contributed by atoms with van der Waals surface area (Å²) in [7, 11) is 0. The molecule has 4 rings (SSSR count). The molecule has 0 aromatic heterocycles. The van der Waals surface area contributed by atoms with E-state index in [4.69, 9.17) is 17.2 Å². The Morgan fingerprint density at radius 1 is 0.625 bits per heavy atom. The maximum absolute atomic E-state index is 6.13. The lowest BCUT2D eigenvalue weighted by atomic mass is 9.82. The summed E-state index contributed by atoms with van der Waals surface area (Å²) < 4.78 is 0. The van der Waals surface area contributed by atoms with Crippen LogP contribution < -0.4 is 17.2 Å².